The maximum atomic E-state index is 12.3. The lowest BCUT2D eigenvalue weighted by molar-refractivity contribution is -0.130. The van der Waals surface area contributed by atoms with E-state index in [1.54, 1.807) is 0 Å². The lowest BCUT2D eigenvalue weighted by Gasteiger charge is -2.25. The van der Waals surface area contributed by atoms with Crippen molar-refractivity contribution in [2.45, 2.75) is 39.4 Å². The Hall–Kier alpha value is -1.39. The molecule has 0 aromatic heterocycles. The quantitative estimate of drug-likeness (QED) is 0.810. The van der Waals surface area contributed by atoms with Crippen molar-refractivity contribution < 1.29 is 9.53 Å². The van der Waals surface area contributed by atoms with Gasteiger partial charge >= 0.3 is 0 Å². The van der Waals surface area contributed by atoms with Crippen LogP contribution in [0.3, 0.4) is 0 Å². The summed E-state index contributed by atoms with van der Waals surface area (Å²) in [6.45, 7) is 8.16. The zero-order valence-electron chi connectivity index (χ0n) is 12.6. The van der Waals surface area contributed by atoms with Crippen molar-refractivity contribution in [3.8, 4) is 0 Å². The van der Waals surface area contributed by atoms with Crippen LogP contribution >= 0.6 is 0 Å². The van der Waals surface area contributed by atoms with Gasteiger partial charge in [0.15, 0.2) is 0 Å². The molecule has 1 saturated heterocycles. The molecule has 110 valence electrons. The first-order valence-electron chi connectivity index (χ1n) is 7.35. The molecule has 20 heavy (non-hydrogen) atoms. The number of amides is 1. The Balaban J connectivity index is 2.10. The van der Waals surface area contributed by atoms with Crippen LogP contribution in [0.4, 0.5) is 0 Å². The van der Waals surface area contributed by atoms with E-state index in [0.717, 1.165) is 19.6 Å². The number of nitrogens with zero attached hydrogens (tertiary/aromatic N) is 1. The van der Waals surface area contributed by atoms with E-state index in [-0.39, 0.29) is 18.1 Å². The van der Waals surface area contributed by atoms with Gasteiger partial charge in [0.25, 0.3) is 0 Å². The largest absolute Gasteiger partial charge is 0.382 e. The highest BCUT2D eigenvalue weighted by atomic mass is 16.5. The van der Waals surface area contributed by atoms with Crippen molar-refractivity contribution in [2.75, 3.05) is 19.8 Å². The minimum atomic E-state index is -0.119. The molecule has 1 aliphatic rings. The second-order valence-corrected chi connectivity index (χ2v) is 5.23. The molecule has 1 amide bonds. The highest BCUT2D eigenvalue weighted by molar-refractivity contribution is 5.84. The van der Waals surface area contributed by atoms with E-state index < -0.39 is 0 Å². The Bertz CT molecular complexity index is 462. The second-order valence-electron chi connectivity index (χ2n) is 5.23. The third-order valence-corrected chi connectivity index (χ3v) is 3.75. The number of benzene rings is 1. The molecule has 4 heteroatoms. The van der Waals surface area contributed by atoms with Gasteiger partial charge in [-0.1, -0.05) is 24.3 Å². The average molecular weight is 276 g/mol. The number of ether oxygens (including phenoxy) is 1. The average Bonchev–Trinajstić information content (AvgIpc) is 2.72. The van der Waals surface area contributed by atoms with Crippen molar-refractivity contribution in [1.29, 1.82) is 0 Å². The van der Waals surface area contributed by atoms with Crippen LogP contribution in [0.1, 0.15) is 37.6 Å². The van der Waals surface area contributed by atoms with Crippen molar-refractivity contribution in [3.63, 3.8) is 0 Å². The van der Waals surface area contributed by atoms with Gasteiger partial charge in [-0.25, -0.2) is 0 Å². The van der Waals surface area contributed by atoms with E-state index in [1.165, 1.54) is 11.1 Å². The minimum absolute atomic E-state index is 0.0136. The van der Waals surface area contributed by atoms with Crippen LogP contribution in [0.15, 0.2) is 24.3 Å². The van der Waals surface area contributed by atoms with E-state index in [2.05, 4.69) is 24.4 Å². The van der Waals surface area contributed by atoms with Crippen LogP contribution in [-0.2, 0) is 9.53 Å². The van der Waals surface area contributed by atoms with Gasteiger partial charge in [0, 0.05) is 19.8 Å². The Morgan fingerprint density at radius 2 is 2.10 bits per heavy atom. The Morgan fingerprint density at radius 3 is 2.80 bits per heavy atom. The molecule has 2 atom stereocenters. The molecule has 1 heterocycles. The van der Waals surface area contributed by atoms with Gasteiger partial charge in [-0.15, -0.1) is 0 Å². The summed E-state index contributed by atoms with van der Waals surface area (Å²) in [5.41, 5.74) is 2.39. The number of carbonyl (C=O) groups excluding carboxylic acids is 1. The number of hydrogen-bond donors (Lipinski definition) is 1. The van der Waals surface area contributed by atoms with E-state index >= 15 is 0 Å². The van der Waals surface area contributed by atoms with E-state index in [9.17, 15) is 4.79 Å². The molecule has 4 nitrogen and oxygen atoms in total. The summed E-state index contributed by atoms with van der Waals surface area (Å²) < 4.78 is 5.36. The van der Waals surface area contributed by atoms with Gasteiger partial charge in [0.1, 0.15) is 6.17 Å². The smallest absolute Gasteiger partial charge is 0.241 e. The molecular weight excluding hydrogens is 252 g/mol. The third-order valence-electron chi connectivity index (χ3n) is 3.75. The molecule has 0 saturated carbocycles. The first-order chi connectivity index (χ1) is 9.65. The summed E-state index contributed by atoms with van der Waals surface area (Å²) in [6.07, 6.45) is 0.858. The molecule has 1 aromatic carbocycles. The molecule has 1 aliphatic heterocycles. The fourth-order valence-corrected chi connectivity index (χ4v) is 2.65. The molecule has 1 N–H and O–H groups in total. The molecule has 1 aromatic rings. The zero-order valence-corrected chi connectivity index (χ0v) is 12.6. The maximum absolute atomic E-state index is 12.3. The summed E-state index contributed by atoms with van der Waals surface area (Å²) in [7, 11) is 0. The van der Waals surface area contributed by atoms with Crippen LogP contribution in [-0.4, -0.2) is 36.6 Å². The summed E-state index contributed by atoms with van der Waals surface area (Å²) in [4.78, 5) is 14.2. The number of carbonyl (C=O) groups is 1. The lowest BCUT2D eigenvalue weighted by Crippen LogP contribution is -2.32. The van der Waals surface area contributed by atoms with Crippen LogP contribution in [0, 0.1) is 6.92 Å². The zero-order chi connectivity index (χ0) is 14.5. The van der Waals surface area contributed by atoms with Gasteiger partial charge in [-0.3, -0.25) is 10.1 Å². The van der Waals surface area contributed by atoms with Crippen LogP contribution in [0.5, 0.6) is 0 Å². The van der Waals surface area contributed by atoms with Gasteiger partial charge in [-0.2, -0.15) is 0 Å². The van der Waals surface area contributed by atoms with Crippen LogP contribution < -0.4 is 5.32 Å². The number of nitrogens with one attached hydrogen (secondary N) is 1. The minimum Gasteiger partial charge on any atom is -0.382 e. The van der Waals surface area contributed by atoms with Gasteiger partial charge < -0.3 is 9.64 Å². The number of rotatable bonds is 6. The fourth-order valence-electron chi connectivity index (χ4n) is 2.65. The highest BCUT2D eigenvalue weighted by Crippen LogP contribution is 2.27. The molecule has 0 radical (unpaired) electrons. The summed E-state index contributed by atoms with van der Waals surface area (Å²) in [5, 5.41) is 3.39. The lowest BCUT2D eigenvalue weighted by atomic mass is 10.1. The van der Waals surface area contributed by atoms with Crippen molar-refractivity contribution in [1.82, 2.24) is 10.2 Å². The molecular formula is C16H24N2O2. The summed E-state index contributed by atoms with van der Waals surface area (Å²) >= 11 is 0. The predicted molar refractivity (Wildman–Crippen MR) is 79.3 cm³/mol. The molecule has 0 aliphatic carbocycles. The monoisotopic (exact) mass is 276 g/mol. The van der Waals surface area contributed by atoms with E-state index in [0.29, 0.717) is 6.61 Å². The van der Waals surface area contributed by atoms with Gasteiger partial charge in [0.05, 0.1) is 6.04 Å². The summed E-state index contributed by atoms with van der Waals surface area (Å²) in [6, 6.07) is 8.11. The standard InChI is InChI=1S/C16H24N2O2/c1-4-20-11-7-10-18-15(17-13(3)16(18)19)14-9-6-5-8-12(14)2/h5-6,8-9,13,15,17H,4,7,10-11H2,1-3H3. The third kappa shape index (κ3) is 3.19. The normalized spacial score (nSPS) is 22.6. The first kappa shape index (κ1) is 15.0. The van der Waals surface area contributed by atoms with Crippen molar-refractivity contribution in [3.05, 3.63) is 35.4 Å². The Morgan fingerprint density at radius 1 is 1.35 bits per heavy atom. The van der Waals surface area contributed by atoms with Crippen molar-refractivity contribution >= 4 is 5.91 Å². The maximum Gasteiger partial charge on any atom is 0.241 e. The van der Waals surface area contributed by atoms with Crippen LogP contribution in [0.2, 0.25) is 0 Å². The number of hydrogen-bond acceptors (Lipinski definition) is 3. The van der Waals surface area contributed by atoms with Gasteiger partial charge in [-0.05, 0) is 38.3 Å². The fraction of sp³-hybridized carbons (Fsp3) is 0.562. The Kier molecular flexibility index (Phi) is 5.15. The Labute approximate surface area is 121 Å². The molecule has 2 rings (SSSR count). The van der Waals surface area contributed by atoms with E-state index in [1.807, 2.05) is 30.9 Å². The topological polar surface area (TPSA) is 41.6 Å². The second kappa shape index (κ2) is 6.86. The predicted octanol–water partition coefficient (Wildman–Crippen LogP) is 2.24. The van der Waals surface area contributed by atoms with Gasteiger partial charge in [0.2, 0.25) is 5.91 Å². The van der Waals surface area contributed by atoms with Crippen molar-refractivity contribution in [2.24, 2.45) is 0 Å². The first-order valence-corrected chi connectivity index (χ1v) is 7.35. The van der Waals surface area contributed by atoms with E-state index in [4.69, 9.17) is 4.74 Å². The molecule has 1 fully saturated rings. The number of aryl methyl sites for hydroxylation is 1. The highest BCUT2D eigenvalue weighted by Gasteiger charge is 2.36. The molecule has 2 unspecified atom stereocenters. The molecule has 0 spiro atoms. The summed E-state index contributed by atoms with van der Waals surface area (Å²) in [5.74, 6) is 0.176. The molecule has 0 bridgehead atoms. The van der Waals surface area contributed by atoms with Crippen LogP contribution in [0.25, 0.3) is 0 Å². The SMILES string of the molecule is CCOCCCN1C(=O)C(C)NC1c1ccccc1C.